The van der Waals surface area contributed by atoms with Crippen LogP contribution in [0.3, 0.4) is 0 Å². The summed E-state index contributed by atoms with van der Waals surface area (Å²) in [6.45, 7) is -1.46. The Morgan fingerprint density at radius 1 is 1.00 bits per heavy atom. The molecule has 2 aliphatic rings. The molecule has 2 amide bonds. The number of aromatic hydroxyl groups is 1. The fourth-order valence-corrected chi connectivity index (χ4v) is 6.57. The average molecular weight is 681 g/mol. The lowest BCUT2D eigenvalue weighted by Crippen LogP contribution is -2.69. The molecule has 15 nitrogen and oxygen atoms in total. The van der Waals surface area contributed by atoms with Gasteiger partial charge in [0.1, 0.15) is 24.6 Å². The van der Waals surface area contributed by atoms with Crippen LogP contribution in [0.5, 0.6) is 5.75 Å². The molecule has 1 aliphatic carbocycles. The normalized spacial score (nSPS) is 24.1. The molecular formula is C34H42N5O10-. The van der Waals surface area contributed by atoms with Gasteiger partial charge in [-0.15, -0.1) is 5.10 Å². The zero-order valence-electron chi connectivity index (χ0n) is 26.9. The van der Waals surface area contributed by atoms with Crippen LogP contribution in [0.2, 0.25) is 0 Å². The van der Waals surface area contributed by atoms with Crippen molar-refractivity contribution in [1.82, 2.24) is 25.6 Å². The Labute approximate surface area is 282 Å². The van der Waals surface area contributed by atoms with Gasteiger partial charge in [0.2, 0.25) is 17.5 Å². The first-order valence-electron chi connectivity index (χ1n) is 16.4. The second kappa shape index (κ2) is 15.9. The summed E-state index contributed by atoms with van der Waals surface area (Å²) in [5, 5.41) is 77.7. The number of phenols is 1. The van der Waals surface area contributed by atoms with Crippen LogP contribution in [0.25, 0.3) is 11.1 Å². The molecule has 264 valence electrons. The molecule has 3 aromatic rings. The molecule has 0 spiro atoms. The molecule has 2 heterocycles. The van der Waals surface area contributed by atoms with Gasteiger partial charge in [-0.3, -0.25) is 9.59 Å². The summed E-state index contributed by atoms with van der Waals surface area (Å²) < 4.78 is 6.81. The van der Waals surface area contributed by atoms with Crippen LogP contribution in [0, 0.1) is 5.92 Å². The van der Waals surface area contributed by atoms with Crippen molar-refractivity contribution < 1.29 is 49.8 Å². The van der Waals surface area contributed by atoms with Crippen molar-refractivity contribution in [2.45, 2.75) is 87.5 Å². The first kappa shape index (κ1) is 35.9. The predicted molar refractivity (Wildman–Crippen MR) is 170 cm³/mol. The number of aliphatic carboxylic acids is 1. The average Bonchev–Trinajstić information content (AvgIpc) is 3.57. The van der Waals surface area contributed by atoms with Gasteiger partial charge in [-0.2, -0.15) is 0 Å². The third kappa shape index (κ3) is 8.61. The maximum Gasteiger partial charge on any atom is 0.246 e. The maximum atomic E-state index is 12.7. The van der Waals surface area contributed by atoms with Crippen LogP contribution in [-0.4, -0.2) is 102 Å². The van der Waals surface area contributed by atoms with Gasteiger partial charge in [0.15, 0.2) is 0 Å². The molecule has 1 aromatic heterocycles. The van der Waals surface area contributed by atoms with E-state index in [0.29, 0.717) is 23.6 Å². The summed E-state index contributed by atoms with van der Waals surface area (Å²) in [5.74, 6) is -2.73. The molecule has 1 saturated carbocycles. The predicted octanol–water partition coefficient (Wildman–Crippen LogP) is -1.12. The Balaban J connectivity index is 1.27. The van der Waals surface area contributed by atoms with E-state index in [1.165, 1.54) is 6.20 Å². The first-order chi connectivity index (χ1) is 23.5. The lowest BCUT2D eigenvalue weighted by molar-refractivity contribution is -0.355. The molecule has 0 bridgehead atoms. The Hall–Kier alpha value is -4.41. The highest BCUT2D eigenvalue weighted by Gasteiger charge is 2.53. The van der Waals surface area contributed by atoms with Crippen LogP contribution >= 0.6 is 0 Å². The number of aromatic nitrogens is 3. The highest BCUT2D eigenvalue weighted by molar-refractivity contribution is 5.79. The summed E-state index contributed by atoms with van der Waals surface area (Å²) in [5.41, 5.74) is 0.449. The Bertz CT molecular complexity index is 1580. The zero-order valence-corrected chi connectivity index (χ0v) is 26.9. The van der Waals surface area contributed by atoms with Gasteiger partial charge in [0.05, 0.1) is 42.5 Å². The van der Waals surface area contributed by atoms with Crippen molar-refractivity contribution in [3.63, 3.8) is 0 Å². The summed E-state index contributed by atoms with van der Waals surface area (Å²) >= 11 is 0. The van der Waals surface area contributed by atoms with Gasteiger partial charge in [-0.25, -0.2) is 4.68 Å². The quantitative estimate of drug-likeness (QED) is 0.114. The minimum Gasteiger partial charge on any atom is -0.545 e. The standard InChI is InChI=1S/C34H43N5O10/c40-19-29(45)36-30-26(42)16-34(33(47)48,39-18-24(37-38-39)14-20-4-2-1-3-5-20)49-32(30)31(46)27(43)17-35-28(44)15-21-6-8-22(9-7-21)23-10-12-25(41)13-11-23/h6-13,18,20,26-27,30-32,40-43,46H,1-5,14-17,19H2,(H,35,44)(H,36,45)(H,47,48)/p-1/t26-,27+,30+,31+,32+,34+/m0/s1. The Kier molecular flexibility index (Phi) is 11.6. The van der Waals surface area contributed by atoms with Crippen molar-refractivity contribution in [2.75, 3.05) is 13.2 Å². The lowest BCUT2D eigenvalue weighted by atomic mass is 9.86. The molecule has 0 unspecified atom stereocenters. The molecule has 1 saturated heterocycles. The number of amides is 2. The number of carboxylic acids is 1. The van der Waals surface area contributed by atoms with Crippen LogP contribution < -0.4 is 15.7 Å². The number of benzene rings is 2. The summed E-state index contributed by atoms with van der Waals surface area (Å²) in [7, 11) is 0. The van der Waals surface area contributed by atoms with Crippen molar-refractivity contribution in [3.05, 3.63) is 66.0 Å². The minimum absolute atomic E-state index is 0.0597. The maximum absolute atomic E-state index is 12.7. The molecule has 7 N–H and O–H groups in total. The number of aliphatic hydroxyl groups excluding tert-OH is 4. The first-order valence-corrected chi connectivity index (χ1v) is 16.4. The van der Waals surface area contributed by atoms with Crippen LogP contribution in [0.4, 0.5) is 0 Å². The number of hydrogen-bond donors (Lipinski definition) is 7. The highest BCUT2D eigenvalue weighted by atomic mass is 16.6. The fourth-order valence-electron chi connectivity index (χ4n) is 6.57. The van der Waals surface area contributed by atoms with Gasteiger partial charge in [0, 0.05) is 13.0 Å². The number of phenolic OH excluding ortho intramolecular Hbond substituents is 1. The van der Waals surface area contributed by atoms with E-state index in [1.807, 2.05) is 12.1 Å². The third-order valence-electron chi connectivity index (χ3n) is 9.27. The minimum atomic E-state index is -2.47. The Morgan fingerprint density at radius 3 is 2.29 bits per heavy atom. The van der Waals surface area contributed by atoms with Gasteiger partial charge >= 0.3 is 0 Å². The van der Waals surface area contributed by atoms with E-state index in [2.05, 4.69) is 20.9 Å². The number of aliphatic hydroxyl groups is 4. The molecule has 2 aromatic carbocycles. The van der Waals surface area contributed by atoms with Crippen molar-refractivity contribution in [1.29, 1.82) is 0 Å². The number of carboxylic acid groups (broad SMARTS) is 1. The van der Waals surface area contributed by atoms with Gasteiger partial charge in [0.25, 0.3) is 0 Å². The van der Waals surface area contributed by atoms with E-state index in [1.54, 1.807) is 36.4 Å². The lowest BCUT2D eigenvalue weighted by Gasteiger charge is -2.49. The van der Waals surface area contributed by atoms with Gasteiger partial charge in [-0.05, 0) is 41.2 Å². The van der Waals surface area contributed by atoms with E-state index < -0.39 is 73.5 Å². The molecule has 6 atom stereocenters. The number of nitrogens with zero attached hydrogens (tertiary/aromatic N) is 3. The second-order valence-electron chi connectivity index (χ2n) is 12.8. The fraction of sp³-hybridized carbons (Fsp3) is 0.500. The molecule has 5 rings (SSSR count). The van der Waals surface area contributed by atoms with Crippen molar-refractivity contribution >= 4 is 17.8 Å². The molecular weight excluding hydrogens is 638 g/mol. The smallest absolute Gasteiger partial charge is 0.246 e. The number of rotatable bonds is 13. The topological polar surface area (TPSA) is 239 Å². The van der Waals surface area contributed by atoms with Crippen molar-refractivity contribution in [2.24, 2.45) is 5.92 Å². The van der Waals surface area contributed by atoms with Gasteiger partial charge in [-0.1, -0.05) is 73.7 Å². The number of ether oxygens (including phenoxy) is 1. The van der Waals surface area contributed by atoms with Gasteiger partial charge < -0.3 is 50.8 Å². The molecule has 2 fully saturated rings. The number of carbonyl (C=O) groups excluding carboxylic acids is 3. The molecule has 49 heavy (non-hydrogen) atoms. The second-order valence-corrected chi connectivity index (χ2v) is 12.8. The number of nitrogens with one attached hydrogen (secondary N) is 2. The Morgan fingerprint density at radius 2 is 1.65 bits per heavy atom. The van der Waals surface area contributed by atoms with E-state index in [0.717, 1.165) is 47.9 Å². The molecule has 1 aliphatic heterocycles. The number of hydrogen-bond acceptors (Lipinski definition) is 12. The number of carbonyl (C=O) groups is 3. The molecule has 0 radical (unpaired) electrons. The highest BCUT2D eigenvalue weighted by Crippen LogP contribution is 2.36. The SMILES string of the molecule is O=C(Cc1ccc(-c2ccc(O)cc2)cc1)NC[C@@H](O)[C@@H](O)[C@@H]1O[C@](C(=O)[O-])(n2cc(CC3CCCCC3)nn2)C[C@H](O)[C@H]1NC(=O)CO. The van der Waals surface area contributed by atoms with E-state index in [-0.39, 0.29) is 12.2 Å². The van der Waals surface area contributed by atoms with E-state index in [4.69, 9.17) is 4.74 Å². The zero-order chi connectivity index (χ0) is 35.1. The monoisotopic (exact) mass is 680 g/mol. The van der Waals surface area contributed by atoms with Crippen molar-refractivity contribution in [3.8, 4) is 16.9 Å². The molecule has 15 heteroatoms. The van der Waals surface area contributed by atoms with Crippen LogP contribution in [0.1, 0.15) is 49.8 Å². The van der Waals surface area contributed by atoms with E-state index in [9.17, 15) is 45.0 Å². The summed E-state index contributed by atoms with van der Waals surface area (Å²) in [4.78, 5) is 37.5. The largest absolute Gasteiger partial charge is 0.545 e. The van der Waals surface area contributed by atoms with E-state index >= 15 is 0 Å². The summed E-state index contributed by atoms with van der Waals surface area (Å²) in [6.07, 6.45) is -0.537. The van der Waals surface area contributed by atoms with Crippen LogP contribution in [-0.2, 0) is 37.7 Å². The van der Waals surface area contributed by atoms with Crippen LogP contribution in [0.15, 0.2) is 54.7 Å². The third-order valence-corrected chi connectivity index (χ3v) is 9.27. The summed E-state index contributed by atoms with van der Waals surface area (Å²) in [6, 6.07) is 12.3.